The highest BCUT2D eigenvalue weighted by Gasteiger charge is 2.14. The van der Waals surface area contributed by atoms with Gasteiger partial charge in [0, 0.05) is 12.6 Å². The molecule has 0 radical (unpaired) electrons. The zero-order valence-electron chi connectivity index (χ0n) is 11.6. The monoisotopic (exact) mass is 279 g/mol. The first kappa shape index (κ1) is 15.6. The van der Waals surface area contributed by atoms with E-state index in [1.807, 2.05) is 0 Å². The molecule has 0 aliphatic carbocycles. The van der Waals surface area contributed by atoms with E-state index in [2.05, 4.69) is 10.6 Å². The first-order valence-electron chi connectivity index (χ1n) is 5.89. The fourth-order valence-corrected chi connectivity index (χ4v) is 1.59. The number of nitrogens with one attached hydrogen (secondary N) is 2. The summed E-state index contributed by atoms with van der Waals surface area (Å²) in [7, 11) is 3.47. The van der Waals surface area contributed by atoms with Crippen molar-refractivity contribution in [2.75, 3.05) is 31.3 Å². The van der Waals surface area contributed by atoms with Gasteiger partial charge in [0.1, 0.15) is 0 Å². The number of carbonyl (C=O) groups excluding carboxylic acids is 2. The van der Waals surface area contributed by atoms with Crippen LogP contribution in [0.15, 0.2) is 18.2 Å². The van der Waals surface area contributed by atoms with Crippen molar-refractivity contribution >= 4 is 29.2 Å². The van der Waals surface area contributed by atoms with Crippen LogP contribution in [-0.2, 0) is 9.59 Å². The van der Waals surface area contributed by atoms with E-state index in [0.29, 0.717) is 5.69 Å². The van der Waals surface area contributed by atoms with E-state index in [0.717, 1.165) is 0 Å². The number of carbonyl (C=O) groups is 3. The van der Waals surface area contributed by atoms with Gasteiger partial charge in [-0.25, -0.2) is 4.79 Å². The highest BCUT2D eigenvalue weighted by Crippen LogP contribution is 2.21. The number of rotatable bonds is 5. The Morgan fingerprint density at radius 1 is 1.20 bits per heavy atom. The molecule has 20 heavy (non-hydrogen) atoms. The van der Waals surface area contributed by atoms with Gasteiger partial charge in [-0.2, -0.15) is 0 Å². The van der Waals surface area contributed by atoms with Gasteiger partial charge in [0.15, 0.2) is 0 Å². The van der Waals surface area contributed by atoms with Crippen molar-refractivity contribution < 1.29 is 19.5 Å². The van der Waals surface area contributed by atoms with E-state index in [1.54, 1.807) is 19.0 Å². The molecule has 0 fully saturated rings. The molecule has 1 aromatic carbocycles. The second-order valence-electron chi connectivity index (χ2n) is 4.53. The van der Waals surface area contributed by atoms with E-state index >= 15 is 0 Å². The number of hydrogen-bond donors (Lipinski definition) is 3. The molecule has 0 spiro atoms. The smallest absolute Gasteiger partial charge is 0.337 e. The second kappa shape index (κ2) is 6.67. The largest absolute Gasteiger partial charge is 0.478 e. The van der Waals surface area contributed by atoms with Crippen molar-refractivity contribution in [3.8, 4) is 0 Å². The van der Waals surface area contributed by atoms with Crippen LogP contribution >= 0.6 is 0 Å². The Labute approximate surface area is 116 Å². The summed E-state index contributed by atoms with van der Waals surface area (Å²) >= 11 is 0. The van der Waals surface area contributed by atoms with Crippen molar-refractivity contribution in [1.82, 2.24) is 4.90 Å². The average molecular weight is 279 g/mol. The minimum absolute atomic E-state index is 0.0802. The molecule has 7 heteroatoms. The Morgan fingerprint density at radius 2 is 1.85 bits per heavy atom. The molecule has 0 heterocycles. The lowest BCUT2D eigenvalue weighted by molar-refractivity contribution is -0.117. The zero-order chi connectivity index (χ0) is 15.3. The number of likely N-dealkylation sites (N-methyl/N-ethyl adjacent to an activating group) is 1. The highest BCUT2D eigenvalue weighted by molar-refractivity contribution is 6.02. The molecule has 1 aromatic rings. The number of carboxylic acid groups (broad SMARTS) is 1. The maximum atomic E-state index is 11.6. The average Bonchev–Trinajstić information content (AvgIpc) is 2.28. The van der Waals surface area contributed by atoms with Gasteiger partial charge in [0.25, 0.3) is 0 Å². The van der Waals surface area contributed by atoms with Crippen LogP contribution in [0.2, 0.25) is 0 Å². The third-order valence-corrected chi connectivity index (χ3v) is 2.30. The molecule has 2 amide bonds. The van der Waals surface area contributed by atoms with Gasteiger partial charge in [-0.15, -0.1) is 0 Å². The summed E-state index contributed by atoms with van der Waals surface area (Å²) in [6.07, 6.45) is 0. The van der Waals surface area contributed by atoms with Crippen molar-refractivity contribution in [3.63, 3.8) is 0 Å². The molecular weight excluding hydrogens is 262 g/mol. The van der Waals surface area contributed by atoms with Crippen LogP contribution in [0, 0.1) is 0 Å². The fourth-order valence-electron chi connectivity index (χ4n) is 1.59. The Balaban J connectivity index is 2.98. The summed E-state index contributed by atoms with van der Waals surface area (Å²) in [5, 5.41) is 14.2. The molecule has 0 aromatic heterocycles. The molecule has 0 unspecified atom stereocenters. The van der Waals surface area contributed by atoms with Crippen LogP contribution < -0.4 is 10.6 Å². The number of hydrogen-bond acceptors (Lipinski definition) is 4. The van der Waals surface area contributed by atoms with Gasteiger partial charge in [-0.3, -0.25) is 9.59 Å². The summed E-state index contributed by atoms with van der Waals surface area (Å²) in [4.78, 5) is 35.4. The first-order chi connectivity index (χ1) is 9.29. The SMILES string of the molecule is CC(=O)Nc1ccc(NC(=O)CN(C)C)c(C(=O)O)c1. The Kier molecular flexibility index (Phi) is 5.22. The number of anilines is 2. The van der Waals surface area contributed by atoms with E-state index in [9.17, 15) is 14.4 Å². The van der Waals surface area contributed by atoms with E-state index in [4.69, 9.17) is 5.11 Å². The maximum Gasteiger partial charge on any atom is 0.337 e. The quantitative estimate of drug-likeness (QED) is 0.742. The Hall–Kier alpha value is -2.41. The number of benzene rings is 1. The van der Waals surface area contributed by atoms with Crippen molar-refractivity contribution in [3.05, 3.63) is 23.8 Å². The van der Waals surface area contributed by atoms with Crippen LogP contribution in [0.3, 0.4) is 0 Å². The van der Waals surface area contributed by atoms with E-state index in [1.165, 1.54) is 25.1 Å². The topological polar surface area (TPSA) is 98.7 Å². The molecule has 0 bridgehead atoms. The molecule has 1 rings (SSSR count). The summed E-state index contributed by atoms with van der Waals surface area (Å²) < 4.78 is 0. The van der Waals surface area contributed by atoms with Crippen LogP contribution in [0.25, 0.3) is 0 Å². The highest BCUT2D eigenvalue weighted by atomic mass is 16.4. The summed E-state index contributed by atoms with van der Waals surface area (Å²) in [6, 6.07) is 4.27. The molecular formula is C13H17N3O4. The standard InChI is InChI=1S/C13H17N3O4/c1-8(17)14-9-4-5-11(10(6-9)13(19)20)15-12(18)7-16(2)3/h4-6H,7H2,1-3H3,(H,14,17)(H,15,18)(H,19,20). The van der Waals surface area contributed by atoms with Gasteiger partial charge in [0.05, 0.1) is 17.8 Å². The number of nitrogens with zero attached hydrogens (tertiary/aromatic N) is 1. The zero-order valence-corrected chi connectivity index (χ0v) is 11.6. The Bertz CT molecular complexity index is 540. The van der Waals surface area contributed by atoms with Crippen LogP contribution in [0.5, 0.6) is 0 Å². The van der Waals surface area contributed by atoms with E-state index < -0.39 is 5.97 Å². The fraction of sp³-hybridized carbons (Fsp3) is 0.308. The summed E-state index contributed by atoms with van der Waals surface area (Å²) in [5.74, 6) is -1.80. The van der Waals surface area contributed by atoms with Crippen molar-refractivity contribution in [2.45, 2.75) is 6.92 Å². The van der Waals surface area contributed by atoms with Gasteiger partial charge in [-0.05, 0) is 32.3 Å². The molecule has 0 aliphatic heterocycles. The minimum Gasteiger partial charge on any atom is -0.478 e. The Morgan fingerprint density at radius 3 is 2.35 bits per heavy atom. The normalized spacial score (nSPS) is 10.2. The number of carboxylic acids is 1. The predicted octanol–water partition coefficient (Wildman–Crippen LogP) is 0.843. The number of aromatic carboxylic acids is 1. The van der Waals surface area contributed by atoms with Crippen LogP contribution in [0.4, 0.5) is 11.4 Å². The molecule has 0 saturated heterocycles. The van der Waals surface area contributed by atoms with Gasteiger partial charge < -0.3 is 20.6 Å². The maximum absolute atomic E-state index is 11.6. The van der Waals surface area contributed by atoms with Crippen molar-refractivity contribution in [1.29, 1.82) is 0 Å². The summed E-state index contributed by atoms with van der Waals surface area (Å²) in [5.41, 5.74) is 0.474. The molecule has 3 N–H and O–H groups in total. The summed E-state index contributed by atoms with van der Waals surface area (Å²) in [6.45, 7) is 1.47. The van der Waals surface area contributed by atoms with Crippen molar-refractivity contribution in [2.24, 2.45) is 0 Å². The van der Waals surface area contributed by atoms with Crippen LogP contribution in [-0.4, -0.2) is 48.4 Å². The third kappa shape index (κ3) is 4.69. The lowest BCUT2D eigenvalue weighted by Gasteiger charge is -2.13. The second-order valence-corrected chi connectivity index (χ2v) is 4.53. The predicted molar refractivity (Wildman–Crippen MR) is 74.9 cm³/mol. The molecule has 7 nitrogen and oxygen atoms in total. The molecule has 0 saturated carbocycles. The number of amides is 2. The van der Waals surface area contributed by atoms with E-state index in [-0.39, 0.29) is 29.6 Å². The molecule has 0 aliphatic rings. The van der Waals surface area contributed by atoms with Gasteiger partial charge in [0.2, 0.25) is 11.8 Å². The molecule has 108 valence electrons. The third-order valence-electron chi connectivity index (χ3n) is 2.30. The lowest BCUT2D eigenvalue weighted by atomic mass is 10.1. The molecule has 0 atom stereocenters. The first-order valence-corrected chi connectivity index (χ1v) is 5.89. The minimum atomic E-state index is -1.18. The van der Waals surface area contributed by atoms with Gasteiger partial charge in [-0.1, -0.05) is 0 Å². The van der Waals surface area contributed by atoms with Crippen LogP contribution in [0.1, 0.15) is 17.3 Å². The lowest BCUT2D eigenvalue weighted by Crippen LogP contribution is -2.27. The van der Waals surface area contributed by atoms with Gasteiger partial charge >= 0.3 is 5.97 Å².